The van der Waals surface area contributed by atoms with Gasteiger partial charge >= 0.3 is 21.1 Å². The fraction of sp³-hybridized carbons (Fsp3) is 0.0625. The number of allylic oxidation sites excluding steroid dienone is 3. The van der Waals surface area contributed by atoms with E-state index in [9.17, 15) is 10.8 Å². The van der Waals surface area contributed by atoms with Crippen LogP contribution in [-0.2, 0) is 21.1 Å². The first-order valence-corrected chi connectivity index (χ1v) is 11.8. The molecular formula is C32H26N4OPt. The summed E-state index contributed by atoms with van der Waals surface area (Å²) in [4.78, 5) is 0. The maximum Gasteiger partial charge on any atom is 4.00 e. The molecule has 0 aromatic heterocycles. The molecule has 0 unspecified atom stereocenters. The van der Waals surface area contributed by atoms with Crippen molar-refractivity contribution in [3.63, 3.8) is 0 Å². The monoisotopic (exact) mass is 677 g/mol. The van der Waals surface area contributed by atoms with Crippen molar-refractivity contribution in [2.45, 2.75) is 13.8 Å². The predicted octanol–water partition coefficient (Wildman–Crippen LogP) is 8.18. The van der Waals surface area contributed by atoms with Gasteiger partial charge in [0.2, 0.25) is 0 Å². The fourth-order valence-electron chi connectivity index (χ4n) is 3.69. The van der Waals surface area contributed by atoms with Gasteiger partial charge in [0, 0.05) is 23.4 Å². The molecule has 0 aliphatic carbocycles. The van der Waals surface area contributed by atoms with E-state index in [0.29, 0.717) is 28.4 Å². The Kier molecular flexibility index (Phi) is 10.4. The first-order chi connectivity index (χ1) is 18.0. The number of rotatable bonds is 10. The van der Waals surface area contributed by atoms with Crippen LogP contribution >= 0.6 is 0 Å². The van der Waals surface area contributed by atoms with Gasteiger partial charge in [-0.15, -0.1) is 36.4 Å². The van der Waals surface area contributed by atoms with E-state index in [1.165, 1.54) is 0 Å². The van der Waals surface area contributed by atoms with E-state index >= 15 is 0 Å². The molecule has 4 aromatic carbocycles. The van der Waals surface area contributed by atoms with Crippen LogP contribution in [0.5, 0.6) is 11.5 Å². The minimum atomic E-state index is 0. The zero-order valence-corrected chi connectivity index (χ0v) is 23.3. The Morgan fingerprint density at radius 1 is 0.763 bits per heavy atom. The van der Waals surface area contributed by atoms with E-state index in [1.54, 1.807) is 31.3 Å². The Bertz CT molecular complexity index is 1440. The van der Waals surface area contributed by atoms with Gasteiger partial charge in [-0.05, 0) is 29.2 Å². The quantitative estimate of drug-likeness (QED) is 0.131. The molecule has 6 heteroatoms. The molecule has 2 N–H and O–H groups in total. The summed E-state index contributed by atoms with van der Waals surface area (Å²) in [7, 11) is 0. The molecule has 0 aliphatic heterocycles. The number of nitrogens with one attached hydrogen (secondary N) is 2. The fourth-order valence-corrected chi connectivity index (χ4v) is 3.69. The van der Waals surface area contributed by atoms with Crippen molar-refractivity contribution in [1.82, 2.24) is 0 Å². The zero-order valence-electron chi connectivity index (χ0n) is 21.0. The number of nitrogens with zero attached hydrogens (tertiary/aromatic N) is 2. The van der Waals surface area contributed by atoms with Gasteiger partial charge in [-0.1, -0.05) is 79.0 Å². The van der Waals surface area contributed by atoms with E-state index < -0.39 is 0 Å². The average molecular weight is 678 g/mol. The Hall–Kier alpha value is -4.21. The topological polar surface area (TPSA) is 77.9 Å². The molecule has 0 aliphatic rings. The number of hydrogen-bond acceptors (Lipinski definition) is 3. The number of hydrogen-bond donors (Lipinski definition) is 2. The van der Waals surface area contributed by atoms with Crippen molar-refractivity contribution in [2.24, 2.45) is 0 Å². The maximum absolute atomic E-state index is 9.83. The van der Waals surface area contributed by atoms with Crippen LogP contribution in [0.1, 0.15) is 19.4 Å². The molecule has 0 atom stereocenters. The molecule has 38 heavy (non-hydrogen) atoms. The Morgan fingerprint density at radius 2 is 1.37 bits per heavy atom. The Labute approximate surface area is 238 Å². The summed E-state index contributed by atoms with van der Waals surface area (Å²) >= 11 is 0. The van der Waals surface area contributed by atoms with Crippen LogP contribution in [-0.4, -0.2) is 11.9 Å². The van der Waals surface area contributed by atoms with E-state index in [4.69, 9.17) is 4.74 Å². The number of anilines is 2. The molecule has 0 amide bonds. The minimum Gasteiger partial charge on any atom is -0.810 e. The molecule has 0 heterocycles. The van der Waals surface area contributed by atoms with Gasteiger partial charge in [0.15, 0.2) is 0 Å². The van der Waals surface area contributed by atoms with Gasteiger partial charge in [-0.25, -0.2) is 0 Å². The van der Waals surface area contributed by atoms with Crippen LogP contribution in [0, 0.1) is 12.1 Å². The first-order valence-electron chi connectivity index (χ1n) is 11.8. The molecule has 4 rings (SSSR count). The summed E-state index contributed by atoms with van der Waals surface area (Å²) in [5, 5.41) is 25.6. The van der Waals surface area contributed by atoms with Gasteiger partial charge in [0.1, 0.15) is 0 Å². The summed E-state index contributed by atoms with van der Waals surface area (Å²) in [5.74, 6) is 1.04. The van der Waals surface area contributed by atoms with Gasteiger partial charge in [0.25, 0.3) is 0 Å². The second kappa shape index (κ2) is 13.9. The second-order valence-corrected chi connectivity index (χ2v) is 8.37. The van der Waals surface area contributed by atoms with Crippen molar-refractivity contribution in [1.29, 1.82) is 0 Å². The van der Waals surface area contributed by atoms with E-state index in [1.807, 2.05) is 73.7 Å². The van der Waals surface area contributed by atoms with Gasteiger partial charge < -0.3 is 26.2 Å². The normalized spacial score (nSPS) is 11.2. The van der Waals surface area contributed by atoms with Gasteiger partial charge in [-0.3, -0.25) is 0 Å². The van der Waals surface area contributed by atoms with Crippen molar-refractivity contribution >= 4 is 28.9 Å². The Morgan fingerprint density at radius 3 is 2.00 bits per heavy atom. The molecule has 0 saturated heterocycles. The van der Waals surface area contributed by atoms with Crippen LogP contribution in [0.2, 0.25) is 0 Å². The molecule has 190 valence electrons. The van der Waals surface area contributed by atoms with E-state index in [2.05, 4.69) is 34.9 Å². The average Bonchev–Trinajstić information content (AvgIpc) is 2.90. The molecule has 0 fully saturated rings. The number of ether oxygens (including phenoxy) is 1. The SMILES string of the molecule is CC(=[N-])/C=C(/C)Nc1[c-]c(Oc2[c-]c(N/C=C(\C=[N-])c3ccc(-c4ccccc4)cc3)ccc2)ccc1.[Pt+4]. The minimum absolute atomic E-state index is 0. The first kappa shape index (κ1) is 28.4. The van der Waals surface area contributed by atoms with Crippen LogP contribution < -0.4 is 15.4 Å². The summed E-state index contributed by atoms with van der Waals surface area (Å²) in [6.45, 7) is 3.47. The van der Waals surface area contributed by atoms with Crippen molar-refractivity contribution in [3.8, 4) is 22.6 Å². The molecule has 5 nitrogen and oxygen atoms in total. The van der Waals surface area contributed by atoms with Crippen LogP contribution in [0.4, 0.5) is 11.4 Å². The molecule has 4 aromatic rings. The summed E-state index contributed by atoms with van der Waals surface area (Å²) in [6, 6.07) is 35.5. The third-order valence-corrected chi connectivity index (χ3v) is 5.36. The third kappa shape index (κ3) is 8.15. The third-order valence-electron chi connectivity index (χ3n) is 5.36. The molecule has 0 bridgehead atoms. The summed E-state index contributed by atoms with van der Waals surface area (Å²) < 4.78 is 5.95. The van der Waals surface area contributed by atoms with E-state index in [-0.39, 0.29) is 26.8 Å². The van der Waals surface area contributed by atoms with Crippen molar-refractivity contribution in [2.75, 3.05) is 10.6 Å². The van der Waals surface area contributed by atoms with Crippen molar-refractivity contribution < 1.29 is 25.8 Å². The van der Waals surface area contributed by atoms with Crippen LogP contribution in [0.25, 0.3) is 27.5 Å². The van der Waals surface area contributed by atoms with E-state index in [0.717, 1.165) is 28.6 Å². The Balaban J connectivity index is 0.00000400. The van der Waals surface area contributed by atoms with Gasteiger partial charge in [0.05, 0.1) is 0 Å². The number of benzene rings is 4. The van der Waals surface area contributed by atoms with Crippen LogP contribution in [0.3, 0.4) is 0 Å². The van der Waals surface area contributed by atoms with Crippen molar-refractivity contribution in [3.05, 3.63) is 137 Å². The largest absolute Gasteiger partial charge is 4.00 e. The summed E-state index contributed by atoms with van der Waals surface area (Å²) in [5.41, 5.74) is 6.15. The molecular weight excluding hydrogens is 651 g/mol. The summed E-state index contributed by atoms with van der Waals surface area (Å²) in [6.07, 6.45) is 4.43. The van der Waals surface area contributed by atoms with Crippen LogP contribution in [0.15, 0.2) is 109 Å². The zero-order chi connectivity index (χ0) is 26.0. The standard InChI is InChI=1S/C32H26N4O.Pt/c1-23(34)18-24(2)36-30-11-7-13-32(20-30)37-31-12-6-10-29(19-31)35-22-28(21-33)27-16-14-26(15-17-27)25-8-4-3-5-9-25;/h3-18,21-22,35-36H,1-2H3;/q-4;+4/b24-18-,28-22+;. The predicted molar refractivity (Wildman–Crippen MR) is 155 cm³/mol. The maximum atomic E-state index is 9.83. The van der Waals surface area contributed by atoms with Gasteiger partial charge in [-0.2, -0.15) is 24.1 Å². The molecule has 0 saturated carbocycles. The smallest absolute Gasteiger partial charge is 0.810 e. The molecule has 0 radical (unpaired) electrons. The molecule has 0 spiro atoms. The second-order valence-electron chi connectivity index (χ2n) is 8.37.